The number of nitrogens with one attached hydrogen (secondary N) is 1. The third-order valence-electron chi connectivity index (χ3n) is 3.06. The highest BCUT2D eigenvalue weighted by atomic mass is 19.1. The summed E-state index contributed by atoms with van der Waals surface area (Å²) in [5.41, 5.74) is 1.37. The molecule has 0 saturated carbocycles. The number of rotatable bonds is 6. The molecule has 0 radical (unpaired) electrons. The van der Waals surface area contributed by atoms with Crippen molar-refractivity contribution in [1.82, 2.24) is 5.32 Å². The largest absolute Gasteiger partial charge is 0.491 e. The average Bonchev–Trinajstić information content (AvgIpc) is 2.50. The molecule has 0 aliphatic carbocycles. The maximum absolute atomic E-state index is 13.7. The van der Waals surface area contributed by atoms with Gasteiger partial charge < -0.3 is 10.1 Å². The molecule has 0 aliphatic rings. The molecule has 22 heavy (non-hydrogen) atoms. The molecule has 0 bridgehead atoms. The molecule has 2 aromatic rings. The third-order valence-corrected chi connectivity index (χ3v) is 3.06. The Kier molecular flexibility index (Phi) is 5.47. The minimum atomic E-state index is -0.452. The Bertz CT molecular complexity index is 642. The topological polar surface area (TPSA) is 38.3 Å². The molecule has 0 aromatic heterocycles. The fraction of sp³-hybridized carbons (Fsp3) is 0.235. The lowest BCUT2D eigenvalue weighted by Gasteiger charge is -2.08. The highest BCUT2D eigenvalue weighted by Gasteiger charge is 2.07. The molecule has 0 fully saturated rings. The van der Waals surface area contributed by atoms with Crippen LogP contribution in [0.15, 0.2) is 42.5 Å². The summed E-state index contributed by atoms with van der Waals surface area (Å²) < 4.78 is 31.6. The molecule has 116 valence electrons. The Labute approximate surface area is 127 Å². The standard InChI is InChI=1S/C17H17F2NO2/c1-2-22-16-8-5-13(9-15(16)19)11-20-17(21)10-12-3-6-14(18)7-4-12/h3-9H,2,10-11H2,1H3,(H,20,21). The van der Waals surface area contributed by atoms with Gasteiger partial charge >= 0.3 is 0 Å². The van der Waals surface area contributed by atoms with E-state index in [1.54, 1.807) is 31.2 Å². The predicted octanol–water partition coefficient (Wildman–Crippen LogP) is 3.22. The van der Waals surface area contributed by atoms with Crippen molar-refractivity contribution in [2.45, 2.75) is 19.9 Å². The number of amides is 1. The summed E-state index contributed by atoms with van der Waals surface area (Å²) in [7, 11) is 0. The van der Waals surface area contributed by atoms with E-state index in [0.29, 0.717) is 12.2 Å². The van der Waals surface area contributed by atoms with Gasteiger partial charge in [-0.25, -0.2) is 8.78 Å². The summed E-state index contributed by atoms with van der Waals surface area (Å²) in [6.45, 7) is 2.40. The summed E-state index contributed by atoms with van der Waals surface area (Å²) in [6.07, 6.45) is 0.153. The quantitative estimate of drug-likeness (QED) is 0.890. The first-order chi connectivity index (χ1) is 10.6. The summed E-state index contributed by atoms with van der Waals surface area (Å²) in [4.78, 5) is 11.8. The van der Waals surface area contributed by atoms with Crippen molar-refractivity contribution in [3.63, 3.8) is 0 Å². The first-order valence-electron chi connectivity index (χ1n) is 7.01. The monoisotopic (exact) mass is 305 g/mol. The van der Waals surface area contributed by atoms with Gasteiger partial charge in [-0.1, -0.05) is 18.2 Å². The predicted molar refractivity (Wildman–Crippen MR) is 79.5 cm³/mol. The van der Waals surface area contributed by atoms with Crippen molar-refractivity contribution >= 4 is 5.91 Å². The van der Waals surface area contributed by atoms with Gasteiger partial charge in [0.15, 0.2) is 11.6 Å². The molecule has 1 N–H and O–H groups in total. The van der Waals surface area contributed by atoms with Crippen molar-refractivity contribution in [3.05, 3.63) is 65.2 Å². The Balaban J connectivity index is 1.88. The number of hydrogen-bond donors (Lipinski definition) is 1. The number of halogens is 2. The summed E-state index contributed by atoms with van der Waals surface area (Å²) in [5.74, 6) is -0.800. The van der Waals surface area contributed by atoms with Crippen molar-refractivity contribution in [2.75, 3.05) is 6.61 Å². The smallest absolute Gasteiger partial charge is 0.224 e. The molecule has 5 heteroatoms. The molecule has 0 heterocycles. The Morgan fingerprint density at radius 2 is 1.77 bits per heavy atom. The number of carbonyl (C=O) groups excluding carboxylic acids is 1. The van der Waals surface area contributed by atoms with Gasteiger partial charge in [-0.05, 0) is 42.3 Å². The van der Waals surface area contributed by atoms with E-state index < -0.39 is 5.82 Å². The first-order valence-corrected chi connectivity index (χ1v) is 7.01. The van der Waals surface area contributed by atoms with Crippen molar-refractivity contribution < 1.29 is 18.3 Å². The van der Waals surface area contributed by atoms with Crippen LogP contribution in [0.5, 0.6) is 5.75 Å². The molecule has 1 amide bonds. The van der Waals surface area contributed by atoms with Crippen LogP contribution >= 0.6 is 0 Å². The Morgan fingerprint density at radius 3 is 2.41 bits per heavy atom. The van der Waals surface area contributed by atoms with Crippen LogP contribution in [-0.2, 0) is 17.8 Å². The van der Waals surface area contributed by atoms with E-state index in [0.717, 1.165) is 5.56 Å². The Morgan fingerprint density at radius 1 is 1.09 bits per heavy atom. The van der Waals surface area contributed by atoms with Gasteiger partial charge in [-0.15, -0.1) is 0 Å². The highest BCUT2D eigenvalue weighted by molar-refractivity contribution is 5.78. The third kappa shape index (κ3) is 4.55. The average molecular weight is 305 g/mol. The van der Waals surface area contributed by atoms with E-state index in [-0.39, 0.29) is 30.4 Å². The van der Waals surface area contributed by atoms with E-state index in [9.17, 15) is 13.6 Å². The lowest BCUT2D eigenvalue weighted by Crippen LogP contribution is -2.24. The number of carbonyl (C=O) groups is 1. The van der Waals surface area contributed by atoms with E-state index >= 15 is 0 Å². The van der Waals surface area contributed by atoms with Crippen LogP contribution in [0.25, 0.3) is 0 Å². The summed E-state index contributed by atoms with van der Waals surface area (Å²) in [5, 5.41) is 2.70. The number of ether oxygens (including phenoxy) is 1. The van der Waals surface area contributed by atoms with Crippen LogP contribution in [-0.4, -0.2) is 12.5 Å². The highest BCUT2D eigenvalue weighted by Crippen LogP contribution is 2.18. The van der Waals surface area contributed by atoms with Crippen LogP contribution in [0.1, 0.15) is 18.1 Å². The van der Waals surface area contributed by atoms with Crippen LogP contribution in [0.4, 0.5) is 8.78 Å². The molecule has 0 saturated heterocycles. The summed E-state index contributed by atoms with van der Waals surface area (Å²) in [6, 6.07) is 10.3. The van der Waals surface area contributed by atoms with Gasteiger partial charge in [-0.2, -0.15) is 0 Å². The van der Waals surface area contributed by atoms with Crippen LogP contribution in [0, 0.1) is 11.6 Å². The number of hydrogen-bond acceptors (Lipinski definition) is 2. The first kappa shape index (κ1) is 15.9. The molecule has 2 rings (SSSR count). The molecule has 0 atom stereocenters. The molecule has 3 nitrogen and oxygen atoms in total. The lowest BCUT2D eigenvalue weighted by atomic mass is 10.1. The zero-order chi connectivity index (χ0) is 15.9. The molecule has 2 aromatic carbocycles. The van der Waals surface area contributed by atoms with Gasteiger partial charge in [0.2, 0.25) is 5.91 Å². The minimum absolute atomic E-state index is 0.153. The number of benzene rings is 2. The fourth-order valence-electron chi connectivity index (χ4n) is 1.98. The van der Waals surface area contributed by atoms with Gasteiger partial charge in [0.25, 0.3) is 0 Å². The van der Waals surface area contributed by atoms with Crippen molar-refractivity contribution in [1.29, 1.82) is 0 Å². The van der Waals surface area contributed by atoms with Gasteiger partial charge in [0.05, 0.1) is 13.0 Å². The van der Waals surface area contributed by atoms with Crippen LogP contribution in [0.3, 0.4) is 0 Å². The van der Waals surface area contributed by atoms with E-state index in [2.05, 4.69) is 5.32 Å². The molecule has 0 unspecified atom stereocenters. The fourth-order valence-corrected chi connectivity index (χ4v) is 1.98. The molecule has 0 aliphatic heterocycles. The van der Waals surface area contributed by atoms with E-state index in [1.165, 1.54) is 18.2 Å². The molecular weight excluding hydrogens is 288 g/mol. The zero-order valence-corrected chi connectivity index (χ0v) is 12.2. The maximum atomic E-state index is 13.7. The maximum Gasteiger partial charge on any atom is 0.224 e. The van der Waals surface area contributed by atoms with Crippen LogP contribution in [0.2, 0.25) is 0 Å². The second kappa shape index (κ2) is 7.54. The van der Waals surface area contributed by atoms with Crippen molar-refractivity contribution in [3.8, 4) is 5.75 Å². The van der Waals surface area contributed by atoms with Gasteiger partial charge in [0.1, 0.15) is 5.82 Å². The van der Waals surface area contributed by atoms with Crippen LogP contribution < -0.4 is 10.1 Å². The van der Waals surface area contributed by atoms with E-state index in [4.69, 9.17) is 4.74 Å². The minimum Gasteiger partial charge on any atom is -0.491 e. The summed E-state index contributed by atoms with van der Waals surface area (Å²) >= 11 is 0. The molecular formula is C17H17F2NO2. The second-order valence-electron chi connectivity index (χ2n) is 4.78. The zero-order valence-electron chi connectivity index (χ0n) is 12.2. The van der Waals surface area contributed by atoms with Crippen molar-refractivity contribution in [2.24, 2.45) is 0 Å². The molecule has 0 spiro atoms. The SMILES string of the molecule is CCOc1ccc(CNC(=O)Cc2ccc(F)cc2)cc1F. The second-order valence-corrected chi connectivity index (χ2v) is 4.78. The lowest BCUT2D eigenvalue weighted by molar-refractivity contribution is -0.120. The Hall–Kier alpha value is -2.43. The van der Waals surface area contributed by atoms with Gasteiger partial charge in [-0.3, -0.25) is 4.79 Å². The van der Waals surface area contributed by atoms with Gasteiger partial charge in [0, 0.05) is 6.54 Å². The van der Waals surface area contributed by atoms with E-state index in [1.807, 2.05) is 0 Å². The normalized spacial score (nSPS) is 10.3.